The van der Waals surface area contributed by atoms with E-state index in [1.807, 2.05) is 62.4 Å². The zero-order valence-electron chi connectivity index (χ0n) is 14.7. The Hall–Kier alpha value is -2.53. The van der Waals surface area contributed by atoms with Crippen LogP contribution < -0.4 is 10.1 Å². The van der Waals surface area contributed by atoms with Gasteiger partial charge in [-0.15, -0.1) is 0 Å². The average Bonchev–Trinajstić information content (AvgIpc) is 3.01. The van der Waals surface area contributed by atoms with E-state index in [1.165, 1.54) is 0 Å². The van der Waals surface area contributed by atoms with E-state index in [9.17, 15) is 9.90 Å². The fourth-order valence-corrected chi connectivity index (χ4v) is 3.33. The van der Waals surface area contributed by atoms with Gasteiger partial charge in [-0.05, 0) is 43.5 Å². The van der Waals surface area contributed by atoms with Gasteiger partial charge in [-0.1, -0.05) is 36.4 Å². The number of nitrogens with zero attached hydrogens (tertiary/aromatic N) is 1. The third-order valence-electron chi connectivity index (χ3n) is 4.61. The molecule has 1 aliphatic rings. The van der Waals surface area contributed by atoms with Crippen molar-refractivity contribution in [1.82, 2.24) is 4.90 Å². The number of anilines is 1. The number of nitrogens with one attached hydrogen (secondary N) is 1. The van der Waals surface area contributed by atoms with Crippen LogP contribution in [0, 0.1) is 6.92 Å². The molecule has 1 aliphatic heterocycles. The maximum Gasteiger partial charge on any atom is 0.322 e. The van der Waals surface area contributed by atoms with Crippen LogP contribution in [0.4, 0.5) is 10.5 Å². The first-order valence-electron chi connectivity index (χ1n) is 8.60. The van der Waals surface area contributed by atoms with Crippen LogP contribution >= 0.6 is 0 Å². The number of carbonyl (C=O) groups is 1. The van der Waals surface area contributed by atoms with Gasteiger partial charge in [0.15, 0.2) is 0 Å². The van der Waals surface area contributed by atoms with Crippen LogP contribution in [0.15, 0.2) is 48.5 Å². The van der Waals surface area contributed by atoms with Gasteiger partial charge in [0, 0.05) is 6.54 Å². The van der Waals surface area contributed by atoms with E-state index in [1.54, 1.807) is 4.90 Å². The minimum absolute atomic E-state index is 0.225. The van der Waals surface area contributed by atoms with Crippen LogP contribution in [0.5, 0.6) is 5.75 Å². The van der Waals surface area contributed by atoms with Gasteiger partial charge >= 0.3 is 6.03 Å². The molecule has 5 heteroatoms. The van der Waals surface area contributed by atoms with Gasteiger partial charge in [0.05, 0.1) is 18.8 Å². The molecule has 0 saturated carbocycles. The number of amides is 2. The van der Waals surface area contributed by atoms with Gasteiger partial charge in [-0.25, -0.2) is 4.79 Å². The number of benzene rings is 2. The van der Waals surface area contributed by atoms with Crippen LogP contribution in [0.3, 0.4) is 0 Å². The Morgan fingerprint density at radius 1 is 1.24 bits per heavy atom. The summed E-state index contributed by atoms with van der Waals surface area (Å²) in [7, 11) is 0. The number of aryl methyl sites for hydroxylation is 1. The van der Waals surface area contributed by atoms with Crippen LogP contribution in [0.2, 0.25) is 0 Å². The van der Waals surface area contributed by atoms with Crippen LogP contribution in [-0.2, 0) is 5.60 Å². The number of likely N-dealkylation sites (tertiary alicyclic amines) is 1. The molecule has 2 N–H and O–H groups in total. The highest BCUT2D eigenvalue weighted by molar-refractivity contribution is 5.91. The van der Waals surface area contributed by atoms with Gasteiger partial charge in [-0.2, -0.15) is 0 Å². The highest BCUT2D eigenvalue weighted by atomic mass is 16.5. The van der Waals surface area contributed by atoms with Gasteiger partial charge in [-0.3, -0.25) is 0 Å². The molecule has 2 amide bonds. The Labute approximate surface area is 148 Å². The van der Waals surface area contributed by atoms with Gasteiger partial charge in [0.2, 0.25) is 0 Å². The van der Waals surface area contributed by atoms with Crippen molar-refractivity contribution in [2.45, 2.75) is 25.9 Å². The third kappa shape index (κ3) is 3.61. The molecule has 1 heterocycles. The number of rotatable bonds is 4. The molecule has 0 aromatic heterocycles. The quantitative estimate of drug-likeness (QED) is 0.895. The van der Waals surface area contributed by atoms with Gasteiger partial charge in [0.1, 0.15) is 11.4 Å². The summed E-state index contributed by atoms with van der Waals surface area (Å²) < 4.78 is 5.54. The minimum atomic E-state index is -0.998. The van der Waals surface area contributed by atoms with E-state index in [0.29, 0.717) is 31.0 Å². The summed E-state index contributed by atoms with van der Waals surface area (Å²) in [6.07, 6.45) is 0.526. The molecule has 1 fully saturated rings. The second kappa shape index (κ2) is 7.15. The van der Waals surface area contributed by atoms with Crippen LogP contribution in [0.1, 0.15) is 24.5 Å². The highest BCUT2D eigenvalue weighted by Gasteiger charge is 2.40. The molecule has 5 nitrogen and oxygen atoms in total. The molecule has 0 radical (unpaired) electrons. The maximum absolute atomic E-state index is 12.6. The number of ether oxygens (including phenoxy) is 1. The number of aliphatic hydroxyl groups is 1. The molecule has 0 bridgehead atoms. The smallest absolute Gasteiger partial charge is 0.322 e. The summed E-state index contributed by atoms with van der Waals surface area (Å²) in [5.74, 6) is 0.645. The lowest BCUT2D eigenvalue weighted by Gasteiger charge is -2.25. The first-order valence-corrected chi connectivity index (χ1v) is 8.60. The molecule has 0 spiro atoms. The lowest BCUT2D eigenvalue weighted by molar-refractivity contribution is 0.0494. The number of carbonyl (C=O) groups excluding carboxylic acids is 1. The number of hydrogen-bond donors (Lipinski definition) is 2. The third-order valence-corrected chi connectivity index (χ3v) is 4.61. The summed E-state index contributed by atoms with van der Waals surface area (Å²) in [6, 6.07) is 14.9. The van der Waals surface area contributed by atoms with E-state index >= 15 is 0 Å². The van der Waals surface area contributed by atoms with Crippen molar-refractivity contribution in [2.75, 3.05) is 25.0 Å². The Balaban J connectivity index is 1.72. The topological polar surface area (TPSA) is 61.8 Å². The fourth-order valence-electron chi connectivity index (χ4n) is 3.33. The number of hydrogen-bond acceptors (Lipinski definition) is 3. The van der Waals surface area contributed by atoms with Gasteiger partial charge in [0.25, 0.3) is 0 Å². The minimum Gasteiger partial charge on any atom is -0.492 e. The summed E-state index contributed by atoms with van der Waals surface area (Å²) in [6.45, 7) is 5.20. The average molecular weight is 340 g/mol. The standard InChI is InChI=1S/C20H24N2O3/c1-3-25-18-11-7-6-10-17(18)21-19(23)22-13-12-20(24,14-22)16-9-5-4-8-15(16)2/h4-11,24H,3,12-14H2,1-2H3,(H,21,23)/t20-/m0/s1. The molecule has 0 aliphatic carbocycles. The normalized spacial score (nSPS) is 19.7. The van der Waals surface area contributed by atoms with Crippen LogP contribution in [-0.4, -0.2) is 35.7 Å². The SMILES string of the molecule is CCOc1ccccc1NC(=O)N1CC[C@@](O)(c2ccccc2C)C1. The lowest BCUT2D eigenvalue weighted by atomic mass is 9.89. The predicted octanol–water partition coefficient (Wildman–Crippen LogP) is 3.52. The van der Waals surface area contributed by atoms with E-state index in [-0.39, 0.29) is 12.6 Å². The van der Waals surface area contributed by atoms with E-state index in [4.69, 9.17) is 4.74 Å². The Morgan fingerprint density at radius 2 is 1.96 bits per heavy atom. The van der Waals surface area contributed by atoms with Crippen molar-refractivity contribution in [2.24, 2.45) is 0 Å². The van der Waals surface area contributed by atoms with Gasteiger partial charge < -0.3 is 20.1 Å². The number of urea groups is 1. The van der Waals surface area contributed by atoms with Crippen molar-refractivity contribution in [3.05, 3.63) is 59.7 Å². The maximum atomic E-state index is 12.6. The first kappa shape index (κ1) is 17.3. The van der Waals surface area contributed by atoms with E-state index in [2.05, 4.69) is 5.32 Å². The Kier molecular flexibility index (Phi) is 4.95. The molecular formula is C20H24N2O3. The fraction of sp³-hybridized carbons (Fsp3) is 0.350. The monoisotopic (exact) mass is 340 g/mol. The van der Waals surface area contributed by atoms with Crippen molar-refractivity contribution in [3.63, 3.8) is 0 Å². The summed E-state index contributed by atoms with van der Waals surface area (Å²) in [4.78, 5) is 14.3. The zero-order chi connectivity index (χ0) is 17.9. The summed E-state index contributed by atoms with van der Waals surface area (Å²) in [5, 5.41) is 13.9. The molecule has 2 aromatic rings. The van der Waals surface area contributed by atoms with Crippen molar-refractivity contribution in [1.29, 1.82) is 0 Å². The Bertz CT molecular complexity index is 762. The molecule has 3 rings (SSSR count). The zero-order valence-corrected chi connectivity index (χ0v) is 14.7. The van der Waals surface area contributed by atoms with Crippen molar-refractivity contribution in [3.8, 4) is 5.75 Å². The molecule has 132 valence electrons. The Morgan fingerprint density at radius 3 is 2.72 bits per heavy atom. The van der Waals surface area contributed by atoms with Crippen LogP contribution in [0.25, 0.3) is 0 Å². The largest absolute Gasteiger partial charge is 0.492 e. The predicted molar refractivity (Wildman–Crippen MR) is 97.9 cm³/mol. The van der Waals surface area contributed by atoms with E-state index in [0.717, 1.165) is 11.1 Å². The number of para-hydroxylation sites is 2. The highest BCUT2D eigenvalue weighted by Crippen LogP contribution is 2.34. The molecule has 2 aromatic carbocycles. The molecule has 1 atom stereocenters. The number of β-amino-alcohol motifs (C(OH)–C–C–N with tert-alkyl or cyclic N) is 1. The van der Waals surface area contributed by atoms with Crippen molar-refractivity contribution >= 4 is 11.7 Å². The molecule has 25 heavy (non-hydrogen) atoms. The second-order valence-corrected chi connectivity index (χ2v) is 6.38. The summed E-state index contributed by atoms with van der Waals surface area (Å²) >= 11 is 0. The first-order chi connectivity index (χ1) is 12.0. The molecule has 0 unspecified atom stereocenters. The molecular weight excluding hydrogens is 316 g/mol. The lowest BCUT2D eigenvalue weighted by Crippen LogP contribution is -2.37. The van der Waals surface area contributed by atoms with Crippen molar-refractivity contribution < 1.29 is 14.6 Å². The summed E-state index contributed by atoms with van der Waals surface area (Å²) in [5.41, 5.74) is 1.57. The second-order valence-electron chi connectivity index (χ2n) is 6.38. The molecule has 1 saturated heterocycles. The van der Waals surface area contributed by atoms with E-state index < -0.39 is 5.60 Å².